The Bertz CT molecular complexity index is 114. The molecule has 1 aliphatic heterocycles. The predicted octanol–water partition coefficient (Wildman–Crippen LogP) is 2.70. The Balaban J connectivity index is 2.60. The molecule has 1 rings (SSSR count). The molecule has 1 heterocycles. The van der Waals surface area contributed by atoms with Gasteiger partial charge in [0.2, 0.25) is 0 Å². The lowest BCUT2D eigenvalue weighted by atomic mass is 10.2. The van der Waals surface area contributed by atoms with Crippen molar-refractivity contribution in [3.05, 3.63) is 11.1 Å². The molecule has 0 spiro atoms. The molecule has 0 radical (unpaired) electrons. The van der Waals surface area contributed by atoms with Crippen LogP contribution in [-0.4, -0.2) is 12.3 Å². The van der Waals surface area contributed by atoms with E-state index in [9.17, 15) is 4.20 Å². The second-order valence-corrected chi connectivity index (χ2v) is 3.90. The third-order valence-electron chi connectivity index (χ3n) is 1.55. The van der Waals surface area contributed by atoms with Crippen molar-refractivity contribution in [2.75, 3.05) is 12.3 Å². The van der Waals surface area contributed by atoms with Crippen molar-refractivity contribution in [2.45, 2.75) is 13.8 Å². The fourth-order valence-electron chi connectivity index (χ4n) is 0.841. The van der Waals surface area contributed by atoms with Gasteiger partial charge >= 0.3 is 0 Å². The Morgan fingerprint density at radius 1 is 1.25 bits per heavy atom. The van der Waals surface area contributed by atoms with E-state index in [0.29, 0.717) is 0 Å². The maximum atomic E-state index is 12.4. The van der Waals surface area contributed by atoms with Gasteiger partial charge in [0.15, 0.2) is 0 Å². The molecule has 1 aliphatic rings. The molecule has 0 unspecified atom stereocenters. The summed E-state index contributed by atoms with van der Waals surface area (Å²) < 4.78 is 12.4. The first-order chi connectivity index (χ1) is 3.70. The molecule has 0 saturated carbocycles. The molecule has 0 bridgehead atoms. The fourth-order valence-corrected chi connectivity index (χ4v) is 2.52. The second kappa shape index (κ2) is 2.14. The van der Waals surface area contributed by atoms with Crippen LogP contribution >= 0.6 is 8.23 Å². The van der Waals surface area contributed by atoms with E-state index >= 15 is 0 Å². The topological polar surface area (TPSA) is 0 Å². The number of rotatable bonds is 0. The molecule has 0 saturated heterocycles. The minimum atomic E-state index is -1.12. The van der Waals surface area contributed by atoms with Crippen LogP contribution in [-0.2, 0) is 0 Å². The van der Waals surface area contributed by atoms with E-state index < -0.39 is 8.23 Å². The van der Waals surface area contributed by atoms with Crippen LogP contribution in [0.5, 0.6) is 0 Å². The van der Waals surface area contributed by atoms with Gasteiger partial charge in [-0.1, -0.05) is 11.1 Å². The van der Waals surface area contributed by atoms with Crippen LogP contribution in [0.2, 0.25) is 0 Å². The largest absolute Gasteiger partial charge is 0.226 e. The number of halogens is 1. The minimum Gasteiger partial charge on any atom is -0.226 e. The molecule has 46 valence electrons. The zero-order valence-corrected chi connectivity index (χ0v) is 6.13. The van der Waals surface area contributed by atoms with Crippen LogP contribution in [0.3, 0.4) is 0 Å². The SMILES string of the molecule is CC1=C(C)CP(F)C1. The smallest absolute Gasteiger partial charge is 0.0895 e. The third kappa shape index (κ3) is 1.08. The van der Waals surface area contributed by atoms with Gasteiger partial charge in [0.1, 0.15) is 0 Å². The van der Waals surface area contributed by atoms with E-state index in [1.54, 1.807) is 0 Å². The highest BCUT2D eigenvalue weighted by Crippen LogP contribution is 2.46. The first-order valence-electron chi connectivity index (χ1n) is 2.76. The Morgan fingerprint density at radius 3 is 1.75 bits per heavy atom. The summed E-state index contributed by atoms with van der Waals surface area (Å²) in [6, 6.07) is 0. The van der Waals surface area contributed by atoms with Gasteiger partial charge in [-0.05, 0) is 13.8 Å². The molecule has 0 aromatic carbocycles. The van der Waals surface area contributed by atoms with E-state index in [2.05, 4.69) is 0 Å². The van der Waals surface area contributed by atoms with Crippen LogP contribution in [0.1, 0.15) is 13.8 Å². The summed E-state index contributed by atoms with van der Waals surface area (Å²) in [6.07, 6.45) is 1.47. The fraction of sp³-hybridized carbons (Fsp3) is 0.667. The highest BCUT2D eigenvalue weighted by atomic mass is 31.2. The first-order valence-corrected chi connectivity index (χ1v) is 4.36. The Kier molecular flexibility index (Phi) is 1.67. The van der Waals surface area contributed by atoms with Crippen molar-refractivity contribution in [1.82, 2.24) is 0 Å². The van der Waals surface area contributed by atoms with E-state index in [0.717, 1.165) is 12.3 Å². The van der Waals surface area contributed by atoms with Crippen molar-refractivity contribution in [2.24, 2.45) is 0 Å². The molecule has 0 aromatic rings. The van der Waals surface area contributed by atoms with Gasteiger partial charge in [0, 0.05) is 12.3 Å². The molecule has 0 fully saturated rings. The molecular weight excluding hydrogens is 122 g/mol. The molecule has 0 N–H and O–H groups in total. The maximum absolute atomic E-state index is 12.4. The molecule has 2 heteroatoms. The number of hydrogen-bond donors (Lipinski definition) is 0. The summed E-state index contributed by atoms with van der Waals surface area (Å²) in [5.74, 6) is 0. The van der Waals surface area contributed by atoms with Gasteiger partial charge in [-0.3, -0.25) is 0 Å². The molecule has 8 heavy (non-hydrogen) atoms. The van der Waals surface area contributed by atoms with Crippen LogP contribution in [0.15, 0.2) is 11.1 Å². The highest BCUT2D eigenvalue weighted by Gasteiger charge is 2.17. The monoisotopic (exact) mass is 132 g/mol. The zero-order chi connectivity index (χ0) is 6.15. The molecule has 0 nitrogen and oxygen atoms in total. The number of allylic oxidation sites excluding steroid dienone is 2. The summed E-state index contributed by atoms with van der Waals surface area (Å²) in [7, 11) is -1.12. The molecular formula is C6H10FP. The van der Waals surface area contributed by atoms with Gasteiger partial charge in [-0.2, -0.15) is 0 Å². The quantitative estimate of drug-likeness (QED) is 0.351. The Morgan fingerprint density at radius 2 is 1.62 bits per heavy atom. The van der Waals surface area contributed by atoms with Gasteiger partial charge in [-0.25, -0.2) is 4.20 Å². The highest BCUT2D eigenvalue weighted by molar-refractivity contribution is 7.53. The summed E-state index contributed by atoms with van der Waals surface area (Å²) in [5, 5.41) is 0. The summed E-state index contributed by atoms with van der Waals surface area (Å²) in [4.78, 5) is 0. The number of hydrogen-bond acceptors (Lipinski definition) is 0. The van der Waals surface area contributed by atoms with E-state index in [4.69, 9.17) is 0 Å². The summed E-state index contributed by atoms with van der Waals surface area (Å²) >= 11 is 0. The van der Waals surface area contributed by atoms with Crippen LogP contribution in [0.25, 0.3) is 0 Å². The molecule has 0 amide bonds. The van der Waals surface area contributed by atoms with Gasteiger partial charge in [0.05, 0.1) is 8.23 Å². The molecule has 0 aliphatic carbocycles. The minimum absolute atomic E-state index is 0.737. The van der Waals surface area contributed by atoms with E-state index in [-0.39, 0.29) is 0 Å². The van der Waals surface area contributed by atoms with Crippen molar-refractivity contribution in [3.63, 3.8) is 0 Å². The molecule has 0 atom stereocenters. The lowest BCUT2D eigenvalue weighted by Crippen LogP contribution is -1.74. The first kappa shape index (κ1) is 6.22. The van der Waals surface area contributed by atoms with Crippen molar-refractivity contribution in [3.8, 4) is 0 Å². The van der Waals surface area contributed by atoms with Crippen molar-refractivity contribution in [1.29, 1.82) is 0 Å². The maximum Gasteiger partial charge on any atom is 0.0895 e. The van der Waals surface area contributed by atoms with Crippen LogP contribution < -0.4 is 0 Å². The zero-order valence-electron chi connectivity index (χ0n) is 5.24. The van der Waals surface area contributed by atoms with Crippen molar-refractivity contribution < 1.29 is 4.20 Å². The summed E-state index contributed by atoms with van der Waals surface area (Å²) in [5.41, 5.74) is 2.55. The average molecular weight is 132 g/mol. The molecule has 0 aromatic heterocycles. The summed E-state index contributed by atoms with van der Waals surface area (Å²) in [6.45, 7) is 4.05. The lowest BCUT2D eigenvalue weighted by Gasteiger charge is -1.91. The second-order valence-electron chi connectivity index (χ2n) is 2.34. The van der Waals surface area contributed by atoms with Gasteiger partial charge in [0.25, 0.3) is 0 Å². The normalized spacial score (nSPS) is 22.9. The van der Waals surface area contributed by atoms with E-state index in [1.807, 2.05) is 13.8 Å². The Labute approximate surface area is 50.7 Å². The van der Waals surface area contributed by atoms with Crippen LogP contribution in [0.4, 0.5) is 4.20 Å². The van der Waals surface area contributed by atoms with Crippen LogP contribution in [0, 0.1) is 0 Å². The Hall–Kier alpha value is 0.100. The van der Waals surface area contributed by atoms with Crippen molar-refractivity contribution >= 4 is 8.23 Å². The average Bonchev–Trinajstić information content (AvgIpc) is 1.85. The predicted molar refractivity (Wildman–Crippen MR) is 36.1 cm³/mol. The van der Waals surface area contributed by atoms with Gasteiger partial charge < -0.3 is 0 Å². The van der Waals surface area contributed by atoms with Gasteiger partial charge in [-0.15, -0.1) is 0 Å². The van der Waals surface area contributed by atoms with E-state index in [1.165, 1.54) is 11.1 Å². The lowest BCUT2D eigenvalue weighted by molar-refractivity contribution is 0.895. The third-order valence-corrected chi connectivity index (χ3v) is 3.18. The standard InChI is InChI=1S/C6H10FP/c1-5-3-8(7)4-6(5)2/h3-4H2,1-2H3.